The maximum absolute atomic E-state index is 13.2. The minimum Gasteiger partial charge on any atom is -0.314 e. The van der Waals surface area contributed by atoms with Gasteiger partial charge in [0.25, 0.3) is 0 Å². The third-order valence-electron chi connectivity index (χ3n) is 6.16. The molecule has 0 atom stereocenters. The molecule has 0 unspecified atom stereocenters. The van der Waals surface area contributed by atoms with Gasteiger partial charge in [0.05, 0.1) is 13.1 Å². The molecule has 1 aliphatic heterocycles. The second-order valence-electron chi connectivity index (χ2n) is 8.36. The number of carbonyl (C=O) groups excluding carboxylic acids is 1. The van der Waals surface area contributed by atoms with Crippen molar-refractivity contribution in [1.29, 1.82) is 0 Å². The van der Waals surface area contributed by atoms with E-state index in [-0.39, 0.29) is 0 Å². The molecule has 1 aliphatic rings. The Morgan fingerprint density at radius 1 is 0.750 bits per heavy atom. The van der Waals surface area contributed by atoms with Gasteiger partial charge in [-0.05, 0) is 42.0 Å². The van der Waals surface area contributed by atoms with Crippen molar-refractivity contribution in [3.63, 3.8) is 0 Å². The molecule has 0 bridgehead atoms. The van der Waals surface area contributed by atoms with Gasteiger partial charge in [0, 0.05) is 12.0 Å². The average molecular weight is 373 g/mol. The predicted octanol–water partition coefficient (Wildman–Crippen LogP) is 5.54. The molecule has 0 spiro atoms. The lowest BCUT2D eigenvalue weighted by Crippen LogP contribution is -2.51. The summed E-state index contributed by atoms with van der Waals surface area (Å²) in [6.07, 6.45) is 5.59. The fourth-order valence-corrected chi connectivity index (χ4v) is 4.79. The zero-order valence-corrected chi connectivity index (χ0v) is 16.6. The van der Waals surface area contributed by atoms with Crippen LogP contribution in [-0.4, -0.2) is 29.9 Å². The molecule has 0 saturated carbocycles. The van der Waals surface area contributed by atoms with E-state index < -0.39 is 0 Å². The van der Waals surface area contributed by atoms with E-state index in [2.05, 4.69) is 72.8 Å². The van der Waals surface area contributed by atoms with E-state index in [9.17, 15) is 4.79 Å². The maximum Gasteiger partial charge on any atom is 0.191 e. The number of benzene rings is 3. The average Bonchev–Trinajstić information content (AvgIpc) is 2.94. The van der Waals surface area contributed by atoms with Crippen LogP contribution in [0.5, 0.6) is 0 Å². The first-order valence-corrected chi connectivity index (χ1v) is 10.6. The highest BCUT2D eigenvalue weighted by molar-refractivity contribution is 5.91. The van der Waals surface area contributed by atoms with E-state index >= 15 is 0 Å². The molecule has 1 saturated heterocycles. The molecule has 3 aromatic rings. The normalized spacial score (nSPS) is 16.6. The summed E-state index contributed by atoms with van der Waals surface area (Å²) in [5, 5.41) is 2.43. The third kappa shape index (κ3) is 4.51. The van der Waals surface area contributed by atoms with Gasteiger partial charge in [-0.25, -0.2) is 0 Å². The van der Waals surface area contributed by atoms with Crippen LogP contribution in [-0.2, 0) is 17.8 Å². The number of Topliss-reactive ketones (excluding diaryl/α,β-unsaturated/α-hetero) is 1. The van der Waals surface area contributed by atoms with Crippen LogP contribution in [0.15, 0.2) is 72.8 Å². The molecule has 1 heterocycles. The smallest absolute Gasteiger partial charge is 0.191 e. The molecule has 0 N–H and O–H groups in total. The first-order valence-electron chi connectivity index (χ1n) is 10.6. The lowest BCUT2D eigenvalue weighted by Gasteiger charge is -2.37. The molecule has 0 amide bonds. The highest BCUT2D eigenvalue weighted by atomic mass is 16.1. The predicted molar refractivity (Wildman–Crippen MR) is 116 cm³/mol. The van der Waals surface area contributed by atoms with Crippen molar-refractivity contribution in [1.82, 2.24) is 0 Å². The third-order valence-corrected chi connectivity index (χ3v) is 6.16. The molecule has 0 aromatic heterocycles. The number of quaternary nitrogens is 1. The molecular weight excluding hydrogens is 342 g/mol. The number of hydrogen-bond acceptors (Lipinski definition) is 1. The van der Waals surface area contributed by atoms with Crippen LogP contribution in [0.3, 0.4) is 0 Å². The van der Waals surface area contributed by atoms with Gasteiger partial charge >= 0.3 is 0 Å². The van der Waals surface area contributed by atoms with Gasteiger partial charge in [-0.15, -0.1) is 0 Å². The molecule has 2 nitrogen and oxygen atoms in total. The lowest BCUT2D eigenvalue weighted by atomic mass is 9.99. The zero-order chi connectivity index (χ0) is 19.2. The van der Waals surface area contributed by atoms with Gasteiger partial charge in [-0.2, -0.15) is 0 Å². The minimum absolute atomic E-state index is 0.370. The van der Waals surface area contributed by atoms with Crippen molar-refractivity contribution in [3.8, 4) is 0 Å². The molecule has 1 fully saturated rings. The van der Waals surface area contributed by atoms with Crippen molar-refractivity contribution < 1.29 is 9.28 Å². The van der Waals surface area contributed by atoms with Crippen LogP contribution in [0.4, 0.5) is 0 Å². The number of nitrogens with zero attached hydrogens (tertiary/aromatic N) is 1. The van der Waals surface area contributed by atoms with E-state index in [1.54, 1.807) is 0 Å². The fourth-order valence-electron chi connectivity index (χ4n) is 4.79. The van der Waals surface area contributed by atoms with Gasteiger partial charge in [0.15, 0.2) is 5.78 Å². The maximum atomic E-state index is 13.2. The van der Waals surface area contributed by atoms with Gasteiger partial charge in [-0.3, -0.25) is 4.79 Å². The second kappa shape index (κ2) is 8.70. The molecule has 28 heavy (non-hydrogen) atoms. The van der Waals surface area contributed by atoms with Crippen LogP contribution in [0, 0.1) is 0 Å². The summed E-state index contributed by atoms with van der Waals surface area (Å²) in [5.74, 6) is 0.370. The van der Waals surface area contributed by atoms with Gasteiger partial charge < -0.3 is 4.48 Å². The van der Waals surface area contributed by atoms with E-state index in [1.807, 2.05) is 0 Å². The van der Waals surface area contributed by atoms with E-state index in [0.717, 1.165) is 29.7 Å². The molecule has 0 aliphatic carbocycles. The van der Waals surface area contributed by atoms with Crippen molar-refractivity contribution in [2.24, 2.45) is 0 Å². The molecular formula is C26H30NO+. The zero-order valence-electron chi connectivity index (χ0n) is 16.6. The van der Waals surface area contributed by atoms with Crippen molar-refractivity contribution in [3.05, 3.63) is 83.9 Å². The fraction of sp³-hybridized carbons (Fsp3) is 0.346. The van der Waals surface area contributed by atoms with Crippen LogP contribution < -0.4 is 0 Å². The molecule has 4 rings (SSSR count). The van der Waals surface area contributed by atoms with Gasteiger partial charge in [0.2, 0.25) is 0 Å². The number of hydrogen-bond donors (Lipinski definition) is 0. The number of ketones is 1. The molecule has 144 valence electrons. The van der Waals surface area contributed by atoms with Crippen LogP contribution >= 0.6 is 0 Å². The Morgan fingerprint density at radius 3 is 2.21 bits per heavy atom. The Balaban J connectivity index is 1.55. The van der Waals surface area contributed by atoms with E-state index in [4.69, 9.17) is 0 Å². The number of fused-ring (bicyclic) bond motifs is 1. The number of likely N-dealkylation sites (tertiary alicyclic amines) is 1. The topological polar surface area (TPSA) is 17.1 Å². The Labute approximate surface area is 168 Å². The first kappa shape index (κ1) is 18.9. The highest BCUT2D eigenvalue weighted by Crippen LogP contribution is 2.24. The Morgan fingerprint density at radius 2 is 1.43 bits per heavy atom. The summed E-state index contributed by atoms with van der Waals surface area (Å²) in [7, 11) is 0. The highest BCUT2D eigenvalue weighted by Gasteiger charge is 2.31. The first-order chi connectivity index (χ1) is 13.7. The van der Waals surface area contributed by atoms with Crippen LogP contribution in [0.1, 0.15) is 36.8 Å². The van der Waals surface area contributed by atoms with Crippen LogP contribution in [0.2, 0.25) is 0 Å². The summed E-state index contributed by atoms with van der Waals surface area (Å²) < 4.78 is 0.924. The molecule has 0 radical (unpaired) electrons. The van der Waals surface area contributed by atoms with Gasteiger partial charge in [0.1, 0.15) is 13.1 Å². The Kier molecular flexibility index (Phi) is 5.87. The molecule has 3 aromatic carbocycles. The second-order valence-corrected chi connectivity index (χ2v) is 8.36. The SMILES string of the molecule is O=C(Cc1cccc2ccccc12)C[N+]1(Cc2ccccc2)CCCCCC1. The summed E-state index contributed by atoms with van der Waals surface area (Å²) in [5.41, 5.74) is 2.51. The summed E-state index contributed by atoms with van der Waals surface area (Å²) in [6, 6.07) is 25.4. The van der Waals surface area contributed by atoms with Crippen molar-refractivity contribution in [2.75, 3.05) is 19.6 Å². The summed E-state index contributed by atoms with van der Waals surface area (Å²) in [6.45, 7) is 3.87. The summed E-state index contributed by atoms with van der Waals surface area (Å²) in [4.78, 5) is 13.2. The van der Waals surface area contributed by atoms with E-state index in [1.165, 1.54) is 42.0 Å². The Bertz CT molecular complexity index is 918. The standard InChI is InChI=1S/C26H30NO/c28-25(19-24-15-10-14-23-13-6-7-16-26(23)24)21-27(17-8-1-2-9-18-27)20-22-11-4-3-5-12-22/h3-7,10-16H,1-2,8-9,17-21H2/q+1. The van der Waals surface area contributed by atoms with E-state index in [0.29, 0.717) is 18.7 Å². The molecule has 2 heteroatoms. The van der Waals surface area contributed by atoms with Gasteiger partial charge in [-0.1, -0.05) is 72.8 Å². The quantitative estimate of drug-likeness (QED) is 0.519. The largest absolute Gasteiger partial charge is 0.314 e. The number of carbonyl (C=O) groups is 1. The van der Waals surface area contributed by atoms with Crippen LogP contribution in [0.25, 0.3) is 10.8 Å². The monoisotopic (exact) mass is 372 g/mol. The van der Waals surface area contributed by atoms with Crippen molar-refractivity contribution >= 4 is 16.6 Å². The lowest BCUT2D eigenvalue weighted by molar-refractivity contribution is -0.932. The summed E-state index contributed by atoms with van der Waals surface area (Å²) >= 11 is 0. The minimum atomic E-state index is 0.370. The van der Waals surface area contributed by atoms with Crippen molar-refractivity contribution in [2.45, 2.75) is 38.6 Å². The number of rotatable bonds is 6. The Hall–Kier alpha value is -2.45.